The van der Waals surface area contributed by atoms with Gasteiger partial charge in [0, 0.05) is 0 Å². The Bertz CT molecular complexity index is 118. The largest absolute Gasteiger partial charge is 2.00 e. The zero-order valence-electron chi connectivity index (χ0n) is 4.48. The molecule has 0 atom stereocenters. The van der Waals surface area contributed by atoms with Gasteiger partial charge >= 0.3 is 19.5 Å². The first-order valence-electron chi connectivity index (χ1n) is 1.66. The summed E-state index contributed by atoms with van der Waals surface area (Å²) in [6.45, 7) is -0.690. The summed E-state index contributed by atoms with van der Waals surface area (Å²) in [6, 6.07) is 0. The van der Waals surface area contributed by atoms with Gasteiger partial charge < -0.3 is 23.7 Å². The Labute approximate surface area is 64.4 Å². The van der Waals surface area contributed by atoms with Crippen LogP contribution in [0.2, 0.25) is 0 Å². The molecular weight excluding hydrogens is 200 g/mol. The molecule has 0 rings (SSSR count). The van der Waals surface area contributed by atoms with Crippen LogP contribution < -0.4 is 9.79 Å². The minimum absolute atomic E-state index is 0. The van der Waals surface area contributed by atoms with Crippen molar-refractivity contribution in [1.29, 1.82) is 0 Å². The second kappa shape index (κ2) is 5.21. The molecule has 0 aromatic heterocycles. The number of hydrogen-bond acceptors (Lipinski definition) is 5. The maximum atomic E-state index is 9.48. The van der Waals surface area contributed by atoms with Crippen LogP contribution in [0.5, 0.6) is 0 Å². The van der Waals surface area contributed by atoms with Crippen LogP contribution in [-0.4, -0.2) is 12.9 Å². The molecule has 7 heteroatoms. The van der Waals surface area contributed by atoms with Crippen LogP contribution in [-0.2, 0) is 33.4 Å². The number of carbonyl (C=O) groups is 1. The van der Waals surface area contributed by atoms with Crippen molar-refractivity contribution < 1.29 is 43.1 Å². The average molecular weight is 203 g/mol. The molecule has 0 aliphatic carbocycles. The van der Waals surface area contributed by atoms with Crippen molar-refractivity contribution in [3.8, 4) is 0 Å². The Morgan fingerprint density at radius 2 is 2.00 bits per heavy atom. The van der Waals surface area contributed by atoms with Crippen molar-refractivity contribution in [2.45, 2.75) is 0 Å². The summed E-state index contributed by atoms with van der Waals surface area (Å²) in [5.74, 6) is 0. The summed E-state index contributed by atoms with van der Waals surface area (Å²) in [5, 5.41) is 0. The van der Waals surface area contributed by atoms with Crippen LogP contribution in [0.15, 0.2) is 0 Å². The second-order valence-corrected chi connectivity index (χ2v) is 2.06. The van der Waals surface area contributed by atoms with E-state index in [9.17, 15) is 19.1 Å². The second-order valence-electron chi connectivity index (χ2n) is 0.910. The van der Waals surface area contributed by atoms with Gasteiger partial charge in [-0.05, 0) is 0 Å². The van der Waals surface area contributed by atoms with Crippen molar-refractivity contribution in [3.05, 3.63) is 0 Å². The molecule has 0 bridgehead atoms. The van der Waals surface area contributed by atoms with Crippen molar-refractivity contribution >= 4 is 14.1 Å². The minimum atomic E-state index is -4.91. The molecule has 0 saturated heterocycles. The van der Waals surface area contributed by atoms with Crippen molar-refractivity contribution in [3.63, 3.8) is 0 Å². The van der Waals surface area contributed by atoms with E-state index < -0.39 is 14.4 Å². The Balaban J connectivity index is 0. The average Bonchev–Trinajstić information content (AvgIpc) is 1.59. The molecule has 0 saturated carbocycles. The smallest absolute Gasteiger partial charge is 0.790 e. The summed E-state index contributed by atoms with van der Waals surface area (Å²) >= 11 is 0. The van der Waals surface area contributed by atoms with Crippen LogP contribution >= 0.6 is 7.82 Å². The maximum Gasteiger partial charge on any atom is 2.00 e. The zero-order valence-corrected chi connectivity index (χ0v) is 8.34. The van der Waals surface area contributed by atoms with E-state index in [1.165, 1.54) is 0 Å². The minimum Gasteiger partial charge on any atom is -0.790 e. The first-order chi connectivity index (χ1) is 3.56. The zero-order chi connectivity index (χ0) is 6.62. The molecule has 0 unspecified atom stereocenters. The summed E-state index contributed by atoms with van der Waals surface area (Å²) < 4.78 is 12.9. The molecule has 0 amide bonds. The van der Waals surface area contributed by atoms with Gasteiger partial charge in [0.05, 0.1) is 7.82 Å². The first kappa shape index (κ1) is 12.1. The van der Waals surface area contributed by atoms with Gasteiger partial charge in [-0.25, -0.2) is 0 Å². The van der Waals surface area contributed by atoms with E-state index in [1.807, 2.05) is 0 Å². The van der Waals surface area contributed by atoms with E-state index in [2.05, 4.69) is 4.52 Å². The normalized spacial score (nSPS) is 10.0. The van der Waals surface area contributed by atoms with Crippen LogP contribution in [0.4, 0.5) is 0 Å². The molecule has 5 nitrogen and oxygen atoms in total. The van der Waals surface area contributed by atoms with Crippen molar-refractivity contribution in [2.24, 2.45) is 0 Å². The van der Waals surface area contributed by atoms with E-state index in [1.54, 1.807) is 0 Å². The molecule has 9 heavy (non-hydrogen) atoms. The van der Waals surface area contributed by atoms with E-state index in [0.717, 1.165) is 0 Å². The monoisotopic (exact) mass is 202 g/mol. The van der Waals surface area contributed by atoms with Crippen LogP contribution in [0, 0.1) is 0 Å². The summed E-state index contributed by atoms with van der Waals surface area (Å²) in [6.07, 6.45) is 0.183. The van der Waals surface area contributed by atoms with Gasteiger partial charge in [0.25, 0.3) is 0 Å². The van der Waals surface area contributed by atoms with E-state index in [-0.39, 0.29) is 25.8 Å². The SMILES string of the molecule is O=CCOP(=O)([O-])[O-].[Zn+2]. The van der Waals surface area contributed by atoms with Crippen molar-refractivity contribution in [2.75, 3.05) is 6.61 Å². The molecule has 0 aromatic carbocycles. The third-order valence-electron chi connectivity index (χ3n) is 0.301. The Morgan fingerprint density at radius 3 is 2.11 bits per heavy atom. The van der Waals surface area contributed by atoms with E-state index >= 15 is 0 Å². The molecule has 0 aliphatic rings. The number of hydrogen-bond donors (Lipinski definition) is 0. The molecule has 0 spiro atoms. The standard InChI is InChI=1S/C2H5O5P.Zn/c3-1-2-7-8(4,5)6;/h1H,2H2,(H2,4,5,6);/q;+2/p-2. The molecule has 0 N–H and O–H groups in total. The molecule has 48 valence electrons. The fraction of sp³-hybridized carbons (Fsp3) is 0.500. The fourth-order valence-corrected chi connectivity index (χ4v) is 0.365. The predicted octanol–water partition coefficient (Wildman–Crippen LogP) is -1.97. The topological polar surface area (TPSA) is 89.5 Å². The summed E-state index contributed by atoms with van der Waals surface area (Å²) in [7, 11) is -4.91. The maximum absolute atomic E-state index is 9.48. The van der Waals surface area contributed by atoms with Crippen molar-refractivity contribution in [1.82, 2.24) is 0 Å². The molecule has 0 heterocycles. The quantitative estimate of drug-likeness (QED) is 0.301. The van der Waals surface area contributed by atoms with Crippen LogP contribution in [0.1, 0.15) is 0 Å². The number of carbonyl (C=O) groups excluding carboxylic acids is 1. The Hall–Kier alpha value is 0.403. The summed E-state index contributed by atoms with van der Waals surface area (Å²) in [5.41, 5.74) is 0. The van der Waals surface area contributed by atoms with E-state index in [4.69, 9.17) is 0 Å². The first-order valence-corrected chi connectivity index (χ1v) is 3.12. The molecule has 0 radical (unpaired) electrons. The molecule has 0 aliphatic heterocycles. The van der Waals surface area contributed by atoms with Gasteiger partial charge in [0.1, 0.15) is 12.9 Å². The van der Waals surface area contributed by atoms with Gasteiger partial charge in [-0.15, -0.1) is 0 Å². The molecular formula is C2H3O5PZn. The Morgan fingerprint density at radius 1 is 1.56 bits per heavy atom. The Kier molecular flexibility index (Phi) is 7.01. The van der Waals surface area contributed by atoms with Gasteiger partial charge in [-0.2, -0.15) is 0 Å². The van der Waals surface area contributed by atoms with Gasteiger partial charge in [-0.3, -0.25) is 0 Å². The van der Waals surface area contributed by atoms with Crippen LogP contribution in [0.3, 0.4) is 0 Å². The van der Waals surface area contributed by atoms with E-state index in [0.29, 0.717) is 0 Å². The third-order valence-corrected chi connectivity index (χ3v) is 0.766. The number of phosphoric ester groups is 1. The van der Waals surface area contributed by atoms with Gasteiger partial charge in [-0.1, -0.05) is 0 Å². The molecule has 0 aromatic rings. The number of phosphoric acid groups is 1. The number of aldehydes is 1. The van der Waals surface area contributed by atoms with Crippen LogP contribution in [0.25, 0.3) is 0 Å². The van der Waals surface area contributed by atoms with Gasteiger partial charge in [0.15, 0.2) is 0 Å². The summed E-state index contributed by atoms with van der Waals surface area (Å²) in [4.78, 5) is 28.3. The number of rotatable bonds is 3. The molecule has 0 fully saturated rings. The fourth-order valence-electron chi connectivity index (χ4n) is 0.122. The predicted molar refractivity (Wildman–Crippen MR) is 19.6 cm³/mol. The van der Waals surface area contributed by atoms with Gasteiger partial charge in [0.2, 0.25) is 0 Å². The third kappa shape index (κ3) is 11.8.